The largest absolute Gasteiger partial charge is 0.379 e. The van der Waals surface area contributed by atoms with Crippen molar-refractivity contribution in [3.05, 3.63) is 63.1 Å². The van der Waals surface area contributed by atoms with Crippen LogP contribution in [0.4, 0.5) is 14.5 Å². The van der Waals surface area contributed by atoms with Crippen LogP contribution in [-0.4, -0.2) is 0 Å². The Labute approximate surface area is 117 Å². The zero-order valence-electron chi connectivity index (χ0n) is 9.18. The lowest BCUT2D eigenvalue weighted by Gasteiger charge is -2.09. The van der Waals surface area contributed by atoms with Gasteiger partial charge in [-0.15, -0.1) is 0 Å². The topological polar surface area (TPSA) is 12.0 Å². The SMILES string of the molecule is Fc1ccc(CNc2ccc(Br)cc2F)c(Cl)c1. The molecule has 0 aliphatic heterocycles. The van der Waals surface area contributed by atoms with Crippen molar-refractivity contribution in [2.24, 2.45) is 0 Å². The van der Waals surface area contributed by atoms with Crippen LogP contribution in [0.3, 0.4) is 0 Å². The Balaban J connectivity index is 2.11. The van der Waals surface area contributed by atoms with E-state index in [9.17, 15) is 8.78 Å². The van der Waals surface area contributed by atoms with Gasteiger partial charge in [-0.3, -0.25) is 0 Å². The standard InChI is InChI=1S/C13H9BrClF2N/c14-9-2-4-13(12(17)5-9)18-7-8-1-3-10(16)6-11(8)15/h1-6,18H,7H2. The highest BCUT2D eigenvalue weighted by Gasteiger charge is 2.05. The third-order valence-corrected chi connectivity index (χ3v) is 3.26. The Morgan fingerprint density at radius 1 is 1.11 bits per heavy atom. The molecular weight excluding hydrogens is 324 g/mol. The molecule has 0 saturated carbocycles. The van der Waals surface area contributed by atoms with E-state index in [2.05, 4.69) is 21.2 Å². The number of hydrogen-bond donors (Lipinski definition) is 1. The highest BCUT2D eigenvalue weighted by Crippen LogP contribution is 2.22. The van der Waals surface area contributed by atoms with Crippen LogP contribution in [0.1, 0.15) is 5.56 Å². The summed E-state index contributed by atoms with van der Waals surface area (Å²) in [6.07, 6.45) is 0. The van der Waals surface area contributed by atoms with Gasteiger partial charge in [-0.05, 0) is 35.9 Å². The van der Waals surface area contributed by atoms with Crippen LogP contribution < -0.4 is 5.32 Å². The molecule has 0 spiro atoms. The molecule has 0 amide bonds. The summed E-state index contributed by atoms with van der Waals surface area (Å²) >= 11 is 9.06. The third-order valence-electron chi connectivity index (χ3n) is 2.42. The second-order valence-electron chi connectivity index (χ2n) is 3.71. The predicted octanol–water partition coefficient (Wildman–Crippen LogP) is 4.99. The zero-order chi connectivity index (χ0) is 13.1. The van der Waals surface area contributed by atoms with E-state index in [0.29, 0.717) is 27.3 Å². The fourth-order valence-electron chi connectivity index (χ4n) is 1.49. The first-order valence-electron chi connectivity index (χ1n) is 5.19. The summed E-state index contributed by atoms with van der Waals surface area (Å²) in [4.78, 5) is 0. The molecule has 0 saturated heterocycles. The Morgan fingerprint density at radius 3 is 2.56 bits per heavy atom. The van der Waals surface area contributed by atoms with Crippen LogP contribution in [-0.2, 0) is 6.54 Å². The first kappa shape index (κ1) is 13.3. The molecule has 1 N–H and O–H groups in total. The van der Waals surface area contributed by atoms with Gasteiger partial charge in [-0.1, -0.05) is 33.6 Å². The number of nitrogens with one attached hydrogen (secondary N) is 1. The molecule has 2 aromatic carbocycles. The summed E-state index contributed by atoms with van der Waals surface area (Å²) in [5.41, 5.74) is 1.08. The number of anilines is 1. The number of benzene rings is 2. The molecule has 5 heteroatoms. The maximum atomic E-state index is 13.5. The van der Waals surface area contributed by atoms with Gasteiger partial charge in [-0.25, -0.2) is 8.78 Å². The van der Waals surface area contributed by atoms with Gasteiger partial charge in [0.15, 0.2) is 0 Å². The fourth-order valence-corrected chi connectivity index (χ4v) is 2.06. The second-order valence-corrected chi connectivity index (χ2v) is 5.04. The van der Waals surface area contributed by atoms with E-state index in [4.69, 9.17) is 11.6 Å². The number of hydrogen-bond acceptors (Lipinski definition) is 1. The van der Waals surface area contributed by atoms with E-state index >= 15 is 0 Å². The van der Waals surface area contributed by atoms with Gasteiger partial charge in [0.05, 0.1) is 5.69 Å². The van der Waals surface area contributed by atoms with E-state index in [1.165, 1.54) is 18.2 Å². The minimum Gasteiger partial charge on any atom is -0.379 e. The maximum absolute atomic E-state index is 13.5. The van der Waals surface area contributed by atoms with Crippen LogP contribution in [0.25, 0.3) is 0 Å². The highest BCUT2D eigenvalue weighted by atomic mass is 79.9. The summed E-state index contributed by atoms with van der Waals surface area (Å²) in [7, 11) is 0. The molecule has 0 aromatic heterocycles. The van der Waals surface area contributed by atoms with Gasteiger partial charge < -0.3 is 5.32 Å². The molecule has 0 radical (unpaired) electrons. The van der Waals surface area contributed by atoms with Crippen molar-refractivity contribution in [2.45, 2.75) is 6.54 Å². The van der Waals surface area contributed by atoms with Gasteiger partial charge in [-0.2, -0.15) is 0 Å². The summed E-state index contributed by atoms with van der Waals surface area (Å²) in [5.74, 6) is -0.749. The Morgan fingerprint density at radius 2 is 1.89 bits per heavy atom. The lowest BCUT2D eigenvalue weighted by Crippen LogP contribution is -2.02. The van der Waals surface area contributed by atoms with Gasteiger partial charge >= 0.3 is 0 Å². The molecule has 0 heterocycles. The van der Waals surface area contributed by atoms with Crippen molar-refractivity contribution >= 4 is 33.2 Å². The Kier molecular flexibility index (Phi) is 4.19. The lowest BCUT2D eigenvalue weighted by molar-refractivity contribution is 0.626. The minimum atomic E-state index is -0.390. The van der Waals surface area contributed by atoms with E-state index in [0.717, 1.165) is 0 Å². The molecule has 94 valence electrons. The van der Waals surface area contributed by atoms with E-state index in [1.807, 2.05) is 0 Å². The first-order valence-corrected chi connectivity index (χ1v) is 6.36. The minimum absolute atomic E-state index is 0.319. The van der Waals surface area contributed by atoms with E-state index in [1.54, 1.807) is 18.2 Å². The summed E-state index contributed by atoms with van der Waals surface area (Å²) in [6, 6.07) is 8.85. The summed E-state index contributed by atoms with van der Waals surface area (Å²) < 4.78 is 27.1. The van der Waals surface area contributed by atoms with Gasteiger partial charge in [0, 0.05) is 16.0 Å². The molecule has 0 bridgehead atoms. The molecule has 0 atom stereocenters. The van der Waals surface area contributed by atoms with Crippen LogP contribution in [0.5, 0.6) is 0 Å². The van der Waals surface area contributed by atoms with Gasteiger partial charge in [0.25, 0.3) is 0 Å². The molecule has 0 aliphatic rings. The molecular formula is C13H9BrClF2N. The molecule has 2 aromatic rings. The van der Waals surface area contributed by atoms with E-state index < -0.39 is 5.82 Å². The Hall–Kier alpha value is -1.13. The van der Waals surface area contributed by atoms with Gasteiger partial charge in [0.1, 0.15) is 11.6 Å². The quantitative estimate of drug-likeness (QED) is 0.834. The maximum Gasteiger partial charge on any atom is 0.147 e. The van der Waals surface area contributed by atoms with Crippen molar-refractivity contribution in [2.75, 3.05) is 5.32 Å². The van der Waals surface area contributed by atoms with Crippen LogP contribution in [0, 0.1) is 11.6 Å². The van der Waals surface area contributed by atoms with E-state index in [-0.39, 0.29) is 5.82 Å². The Bertz CT molecular complexity index is 523. The zero-order valence-corrected chi connectivity index (χ0v) is 11.5. The summed E-state index contributed by atoms with van der Waals surface area (Å²) in [5, 5.41) is 3.23. The average molecular weight is 333 g/mol. The summed E-state index contributed by atoms with van der Waals surface area (Å²) in [6.45, 7) is 0.331. The van der Waals surface area contributed by atoms with Crippen LogP contribution in [0.2, 0.25) is 5.02 Å². The van der Waals surface area contributed by atoms with Crippen molar-refractivity contribution in [3.63, 3.8) is 0 Å². The predicted molar refractivity (Wildman–Crippen MR) is 72.8 cm³/mol. The molecule has 2 rings (SSSR count). The van der Waals surface area contributed by atoms with Gasteiger partial charge in [0.2, 0.25) is 0 Å². The number of rotatable bonds is 3. The van der Waals surface area contributed by atoms with Crippen LogP contribution in [0.15, 0.2) is 40.9 Å². The van der Waals surface area contributed by atoms with Crippen molar-refractivity contribution in [1.82, 2.24) is 0 Å². The average Bonchev–Trinajstić information content (AvgIpc) is 2.30. The monoisotopic (exact) mass is 331 g/mol. The van der Waals surface area contributed by atoms with Crippen molar-refractivity contribution in [3.8, 4) is 0 Å². The smallest absolute Gasteiger partial charge is 0.147 e. The van der Waals surface area contributed by atoms with Crippen LogP contribution >= 0.6 is 27.5 Å². The normalized spacial score (nSPS) is 10.4. The fraction of sp³-hybridized carbons (Fsp3) is 0.0769. The highest BCUT2D eigenvalue weighted by molar-refractivity contribution is 9.10. The molecule has 0 fully saturated rings. The molecule has 18 heavy (non-hydrogen) atoms. The first-order chi connectivity index (χ1) is 8.56. The molecule has 0 aliphatic carbocycles. The third kappa shape index (κ3) is 3.21. The van der Waals surface area contributed by atoms with Crippen molar-refractivity contribution < 1.29 is 8.78 Å². The molecule has 1 nitrogen and oxygen atoms in total. The number of halogens is 4. The molecule has 0 unspecified atom stereocenters. The lowest BCUT2D eigenvalue weighted by atomic mass is 10.2. The second kappa shape index (κ2) is 5.67. The van der Waals surface area contributed by atoms with Crippen molar-refractivity contribution in [1.29, 1.82) is 0 Å².